The van der Waals surface area contributed by atoms with E-state index >= 15 is 0 Å². The van der Waals surface area contributed by atoms with Gasteiger partial charge >= 0.3 is 5.97 Å². The number of hydrogen-bond acceptors (Lipinski definition) is 8. The van der Waals surface area contributed by atoms with E-state index in [0.717, 1.165) is 5.56 Å². The zero-order chi connectivity index (χ0) is 19.7. The van der Waals surface area contributed by atoms with Crippen LogP contribution in [-0.2, 0) is 20.8 Å². The Morgan fingerprint density at radius 1 is 1.32 bits per heavy atom. The van der Waals surface area contributed by atoms with Crippen LogP contribution in [0.1, 0.15) is 5.56 Å². The third-order valence-corrected chi connectivity index (χ3v) is 7.54. The minimum absolute atomic E-state index is 0.0393. The highest BCUT2D eigenvalue weighted by Crippen LogP contribution is 2.45. The minimum Gasteiger partial charge on any atom is -0.477 e. The van der Waals surface area contributed by atoms with Crippen LogP contribution in [0.2, 0.25) is 0 Å². The van der Waals surface area contributed by atoms with Gasteiger partial charge in [0.2, 0.25) is 5.91 Å². The molecule has 2 aliphatic heterocycles. The molecule has 1 fully saturated rings. The van der Waals surface area contributed by atoms with Gasteiger partial charge in [0.25, 0.3) is 5.91 Å². The van der Waals surface area contributed by atoms with Crippen LogP contribution in [0.25, 0.3) is 0 Å². The Labute approximate surface area is 172 Å². The lowest BCUT2D eigenvalue weighted by molar-refractivity contribution is -0.150. The second-order valence-corrected chi connectivity index (χ2v) is 9.28. The second-order valence-electron chi connectivity index (χ2n) is 6.00. The summed E-state index contributed by atoms with van der Waals surface area (Å²) in [7, 11) is 0. The molecule has 0 unspecified atom stereocenters. The van der Waals surface area contributed by atoms with Gasteiger partial charge in [-0.2, -0.15) is 0 Å². The van der Waals surface area contributed by atoms with Crippen molar-refractivity contribution in [2.24, 2.45) is 0 Å². The van der Waals surface area contributed by atoms with Crippen LogP contribution >= 0.6 is 34.9 Å². The van der Waals surface area contributed by atoms with Gasteiger partial charge < -0.3 is 10.4 Å². The highest BCUT2D eigenvalue weighted by atomic mass is 32.2. The first kappa shape index (κ1) is 19.0. The maximum atomic E-state index is 12.6. The van der Waals surface area contributed by atoms with Crippen molar-refractivity contribution in [2.45, 2.75) is 22.2 Å². The van der Waals surface area contributed by atoms with Crippen LogP contribution in [0.3, 0.4) is 0 Å². The lowest BCUT2D eigenvalue weighted by Gasteiger charge is -2.49. The van der Waals surface area contributed by atoms with E-state index in [-0.39, 0.29) is 18.0 Å². The second kappa shape index (κ2) is 7.94. The molecule has 0 saturated carbocycles. The van der Waals surface area contributed by atoms with Gasteiger partial charge in [0.1, 0.15) is 22.6 Å². The summed E-state index contributed by atoms with van der Waals surface area (Å²) in [6.07, 6.45) is 0.168. The monoisotopic (exact) mass is 434 g/mol. The molecule has 3 heterocycles. The summed E-state index contributed by atoms with van der Waals surface area (Å²) < 4.78 is 0.619. The summed E-state index contributed by atoms with van der Waals surface area (Å²) in [5.74, 6) is -1.42. The Balaban J connectivity index is 1.47. The Morgan fingerprint density at radius 3 is 2.79 bits per heavy atom. The fraction of sp³-hybridized carbons (Fsp3) is 0.235. The number of nitrogens with zero attached hydrogens (tertiary/aromatic N) is 3. The smallest absolute Gasteiger partial charge is 0.353 e. The number of aromatic nitrogens is 2. The SMILES string of the molecule is O=C(Cc1ccccc1)N[C@@H]1C(=O)N2C(C(=O)O)=C(Sc3nncs3)CS[C@H]12. The molecule has 2 aromatic rings. The Kier molecular flexibility index (Phi) is 5.38. The number of thioether (sulfide) groups is 2. The fourth-order valence-electron chi connectivity index (χ4n) is 2.99. The van der Waals surface area contributed by atoms with E-state index in [1.54, 1.807) is 5.51 Å². The molecular weight excluding hydrogens is 420 g/mol. The van der Waals surface area contributed by atoms with E-state index in [9.17, 15) is 19.5 Å². The number of amides is 2. The summed E-state index contributed by atoms with van der Waals surface area (Å²) in [6.45, 7) is 0. The third-order valence-electron chi connectivity index (χ3n) is 4.21. The van der Waals surface area contributed by atoms with Gasteiger partial charge in [0, 0.05) is 10.7 Å². The number of nitrogens with one attached hydrogen (secondary N) is 1. The van der Waals surface area contributed by atoms with Crippen LogP contribution in [0, 0.1) is 0 Å². The van der Waals surface area contributed by atoms with Crippen molar-refractivity contribution in [3.63, 3.8) is 0 Å². The summed E-state index contributed by atoms with van der Waals surface area (Å²) in [5, 5.41) is 19.6. The lowest BCUT2D eigenvalue weighted by atomic mass is 10.0. The van der Waals surface area contributed by atoms with E-state index in [1.807, 2.05) is 30.3 Å². The molecule has 4 rings (SSSR count). The molecule has 2 N–H and O–H groups in total. The predicted molar refractivity (Wildman–Crippen MR) is 106 cm³/mol. The average Bonchev–Trinajstić information content (AvgIpc) is 3.19. The molecule has 2 aliphatic rings. The number of carboxylic acid groups (broad SMARTS) is 1. The van der Waals surface area contributed by atoms with Crippen molar-refractivity contribution >= 4 is 52.6 Å². The van der Waals surface area contributed by atoms with Gasteiger partial charge in [-0.1, -0.05) is 53.4 Å². The van der Waals surface area contributed by atoms with E-state index in [4.69, 9.17) is 0 Å². The number of hydrogen-bond donors (Lipinski definition) is 2. The van der Waals surface area contributed by atoms with Gasteiger partial charge in [-0.3, -0.25) is 14.5 Å². The first-order valence-corrected chi connectivity index (χ1v) is 11.0. The number of benzene rings is 1. The first-order valence-electron chi connectivity index (χ1n) is 8.23. The zero-order valence-electron chi connectivity index (χ0n) is 14.3. The zero-order valence-corrected chi connectivity index (χ0v) is 16.7. The lowest BCUT2D eigenvalue weighted by Crippen LogP contribution is -2.70. The standard InChI is InChI=1S/C17H14N4O4S3/c22-11(6-9-4-2-1-3-5-9)19-12-14(23)21-13(16(24)25)10(7-26-15(12)21)28-17-20-18-8-27-17/h1-5,8,12,15H,6-7H2,(H,19,22)(H,24,25)/t12-,15-/m1/s1. The van der Waals surface area contributed by atoms with Gasteiger partial charge in [-0.25, -0.2) is 4.79 Å². The van der Waals surface area contributed by atoms with Gasteiger partial charge in [0.15, 0.2) is 4.34 Å². The maximum Gasteiger partial charge on any atom is 0.353 e. The van der Waals surface area contributed by atoms with Crippen molar-refractivity contribution in [1.29, 1.82) is 0 Å². The average molecular weight is 435 g/mol. The van der Waals surface area contributed by atoms with Crippen LogP contribution in [-0.4, -0.2) is 55.2 Å². The summed E-state index contributed by atoms with van der Waals surface area (Å²) in [5.41, 5.74) is 2.37. The predicted octanol–water partition coefficient (Wildman–Crippen LogP) is 1.57. The van der Waals surface area contributed by atoms with Crippen molar-refractivity contribution in [2.75, 3.05) is 5.75 Å². The van der Waals surface area contributed by atoms with E-state index in [1.165, 1.54) is 39.8 Å². The molecule has 1 aromatic heterocycles. The molecule has 0 aliphatic carbocycles. The molecule has 144 valence electrons. The number of β-lactam (4-membered cyclic amide) rings is 1. The largest absolute Gasteiger partial charge is 0.477 e. The van der Waals surface area contributed by atoms with Crippen LogP contribution < -0.4 is 5.32 Å². The first-order chi connectivity index (χ1) is 13.5. The molecule has 8 nitrogen and oxygen atoms in total. The number of carbonyl (C=O) groups excluding carboxylic acids is 2. The molecule has 0 bridgehead atoms. The Bertz CT molecular complexity index is 949. The van der Waals surface area contributed by atoms with E-state index < -0.39 is 23.3 Å². The molecule has 2 amide bonds. The molecule has 28 heavy (non-hydrogen) atoms. The van der Waals surface area contributed by atoms with Crippen LogP contribution in [0.15, 0.2) is 50.8 Å². The topological polar surface area (TPSA) is 112 Å². The Morgan fingerprint density at radius 2 is 2.11 bits per heavy atom. The van der Waals surface area contributed by atoms with Gasteiger partial charge in [0.05, 0.1) is 6.42 Å². The highest BCUT2D eigenvalue weighted by molar-refractivity contribution is 8.07. The van der Waals surface area contributed by atoms with Crippen molar-refractivity contribution in [3.8, 4) is 0 Å². The molecule has 0 radical (unpaired) electrons. The van der Waals surface area contributed by atoms with Crippen molar-refractivity contribution in [1.82, 2.24) is 20.4 Å². The molecule has 1 saturated heterocycles. The number of aliphatic carboxylic acids is 1. The number of rotatable bonds is 6. The van der Waals surface area contributed by atoms with Gasteiger partial charge in [-0.05, 0) is 5.56 Å². The van der Waals surface area contributed by atoms with E-state index in [2.05, 4.69) is 15.5 Å². The molecule has 11 heteroatoms. The molecule has 0 spiro atoms. The van der Waals surface area contributed by atoms with Crippen molar-refractivity contribution < 1.29 is 19.5 Å². The number of carbonyl (C=O) groups is 3. The quantitative estimate of drug-likeness (QED) is 0.659. The fourth-order valence-corrected chi connectivity index (χ4v) is 6.10. The number of carboxylic acids is 1. The molecular formula is C17H14N4O4S3. The summed E-state index contributed by atoms with van der Waals surface area (Å²) in [4.78, 5) is 38.5. The molecule has 1 aromatic carbocycles. The molecule has 2 atom stereocenters. The Hall–Kier alpha value is -2.37. The normalized spacial score (nSPS) is 21.1. The van der Waals surface area contributed by atoms with Crippen molar-refractivity contribution in [3.05, 3.63) is 52.0 Å². The maximum absolute atomic E-state index is 12.6. The number of fused-ring (bicyclic) bond motifs is 1. The summed E-state index contributed by atoms with van der Waals surface area (Å²) in [6, 6.07) is 8.51. The van der Waals surface area contributed by atoms with Crippen LogP contribution in [0.5, 0.6) is 0 Å². The van der Waals surface area contributed by atoms with E-state index in [0.29, 0.717) is 15.0 Å². The summed E-state index contributed by atoms with van der Waals surface area (Å²) >= 11 is 3.94. The minimum atomic E-state index is -1.17. The van der Waals surface area contributed by atoms with Gasteiger partial charge in [-0.15, -0.1) is 22.0 Å². The third kappa shape index (κ3) is 3.64. The van der Waals surface area contributed by atoms with Crippen LogP contribution in [0.4, 0.5) is 0 Å². The highest BCUT2D eigenvalue weighted by Gasteiger charge is 2.54.